The predicted molar refractivity (Wildman–Crippen MR) is 105 cm³/mol. The maximum atomic E-state index is 12.0. The van der Waals surface area contributed by atoms with Crippen molar-refractivity contribution in [2.24, 2.45) is 0 Å². The largest absolute Gasteiger partial charge is 0.493 e. The number of carbonyl (C=O) groups excluding carboxylic acids is 1. The molecule has 2 N–H and O–H groups in total. The van der Waals surface area contributed by atoms with Crippen molar-refractivity contribution in [3.05, 3.63) is 29.8 Å². The van der Waals surface area contributed by atoms with Crippen molar-refractivity contribution in [1.82, 2.24) is 0 Å². The fourth-order valence-corrected chi connectivity index (χ4v) is 3.28. The molecule has 1 aliphatic heterocycles. The first-order chi connectivity index (χ1) is 14.5. The summed E-state index contributed by atoms with van der Waals surface area (Å²) < 4.78 is 32.0. The van der Waals surface area contributed by atoms with Gasteiger partial charge in [-0.3, -0.25) is 0 Å². The molecule has 162 valence electrons. The minimum atomic E-state index is -1.82. The third-order valence-electron chi connectivity index (χ3n) is 4.67. The van der Waals surface area contributed by atoms with E-state index in [1.165, 1.54) is 27.4 Å². The van der Waals surface area contributed by atoms with Gasteiger partial charge in [0.1, 0.15) is 6.10 Å². The van der Waals surface area contributed by atoms with Gasteiger partial charge in [0.2, 0.25) is 12.5 Å². The van der Waals surface area contributed by atoms with Crippen LogP contribution < -0.4 is 23.7 Å². The highest BCUT2D eigenvalue weighted by atomic mass is 16.7. The van der Waals surface area contributed by atoms with E-state index in [4.69, 9.17) is 28.4 Å². The van der Waals surface area contributed by atoms with Gasteiger partial charge in [0, 0.05) is 5.56 Å². The van der Waals surface area contributed by atoms with Crippen LogP contribution in [0.5, 0.6) is 28.7 Å². The number of hydrogen-bond acceptors (Lipinski definition) is 9. The zero-order valence-corrected chi connectivity index (χ0v) is 17.1. The van der Waals surface area contributed by atoms with Crippen molar-refractivity contribution < 1.29 is 43.4 Å². The lowest BCUT2D eigenvalue weighted by molar-refractivity contribution is -0.159. The third-order valence-corrected chi connectivity index (χ3v) is 4.67. The van der Waals surface area contributed by atoms with Crippen LogP contribution in [0.15, 0.2) is 24.3 Å². The zero-order valence-electron chi connectivity index (χ0n) is 17.1. The second-order valence-electron chi connectivity index (χ2n) is 6.32. The molecule has 0 aliphatic carbocycles. The first-order valence-electron chi connectivity index (χ1n) is 9.22. The Morgan fingerprint density at radius 2 is 1.73 bits per heavy atom. The van der Waals surface area contributed by atoms with E-state index in [0.717, 1.165) is 0 Å². The van der Waals surface area contributed by atoms with Gasteiger partial charge in [-0.1, -0.05) is 6.07 Å². The predicted octanol–water partition coefficient (Wildman–Crippen LogP) is 2.07. The van der Waals surface area contributed by atoms with Crippen molar-refractivity contribution in [1.29, 1.82) is 0 Å². The maximum Gasteiger partial charge on any atom is 0.338 e. The van der Waals surface area contributed by atoms with Crippen LogP contribution in [0, 0.1) is 0 Å². The first kappa shape index (κ1) is 21.5. The van der Waals surface area contributed by atoms with E-state index >= 15 is 0 Å². The molecule has 0 bridgehead atoms. The van der Waals surface area contributed by atoms with Crippen molar-refractivity contribution >= 4 is 5.97 Å². The Kier molecular flexibility index (Phi) is 6.53. The fraction of sp³-hybridized carbons (Fsp3) is 0.381. The number of carbonyl (C=O) groups is 1. The van der Waals surface area contributed by atoms with Crippen LogP contribution in [0.25, 0.3) is 11.1 Å². The maximum absolute atomic E-state index is 12.0. The number of benzene rings is 2. The molecule has 9 nitrogen and oxygen atoms in total. The fourth-order valence-electron chi connectivity index (χ4n) is 3.28. The highest BCUT2D eigenvalue weighted by Gasteiger charge is 2.33. The number of hydrogen-bond donors (Lipinski definition) is 2. The lowest BCUT2D eigenvalue weighted by Crippen LogP contribution is -2.30. The van der Waals surface area contributed by atoms with Gasteiger partial charge in [0.15, 0.2) is 29.1 Å². The number of esters is 1. The zero-order chi connectivity index (χ0) is 21.8. The van der Waals surface area contributed by atoms with Crippen molar-refractivity contribution in [3.63, 3.8) is 0 Å². The van der Waals surface area contributed by atoms with Gasteiger partial charge in [-0.25, -0.2) is 4.79 Å². The summed E-state index contributed by atoms with van der Waals surface area (Å²) in [6.45, 7) is 1.76. The number of ether oxygens (including phenoxy) is 6. The van der Waals surface area contributed by atoms with Crippen LogP contribution >= 0.6 is 0 Å². The van der Waals surface area contributed by atoms with Crippen LogP contribution in [-0.2, 0) is 9.53 Å². The Labute approximate surface area is 173 Å². The molecule has 0 unspecified atom stereocenters. The van der Waals surface area contributed by atoms with Crippen molar-refractivity contribution in [3.8, 4) is 39.9 Å². The van der Waals surface area contributed by atoms with E-state index in [2.05, 4.69) is 0 Å². The number of fused-ring (bicyclic) bond motifs is 1. The quantitative estimate of drug-likeness (QED) is 0.620. The summed E-state index contributed by atoms with van der Waals surface area (Å²) in [4.78, 5) is 12.0. The molecule has 2 aromatic carbocycles. The number of aliphatic hydroxyl groups excluding tert-OH is 2. The average Bonchev–Trinajstić information content (AvgIpc) is 3.24. The number of rotatable bonds is 8. The van der Waals surface area contributed by atoms with Crippen molar-refractivity contribution in [2.75, 3.05) is 34.7 Å². The Balaban J connectivity index is 2.23. The van der Waals surface area contributed by atoms with E-state index < -0.39 is 18.2 Å². The van der Waals surface area contributed by atoms with E-state index in [9.17, 15) is 15.0 Å². The monoisotopic (exact) mass is 420 g/mol. The number of methoxy groups -OCH3 is 3. The minimum Gasteiger partial charge on any atom is -0.493 e. The van der Waals surface area contributed by atoms with Gasteiger partial charge in [-0.2, -0.15) is 0 Å². The van der Waals surface area contributed by atoms with E-state index in [0.29, 0.717) is 22.6 Å². The SMILES string of the molecule is CCOC(=O)[C@@H](O)[C@H](O)c1cc(OC)c(OC)c(OC)c1-c1ccc2c(c1)OCO2. The Morgan fingerprint density at radius 1 is 1.03 bits per heavy atom. The van der Waals surface area contributed by atoms with Crippen LogP contribution in [0.1, 0.15) is 18.6 Å². The molecule has 0 fully saturated rings. The lowest BCUT2D eigenvalue weighted by Gasteiger charge is -2.24. The Morgan fingerprint density at radius 3 is 2.37 bits per heavy atom. The van der Waals surface area contributed by atoms with E-state index in [1.54, 1.807) is 25.1 Å². The van der Waals surface area contributed by atoms with Gasteiger partial charge < -0.3 is 38.6 Å². The highest BCUT2D eigenvalue weighted by molar-refractivity contribution is 5.83. The summed E-state index contributed by atoms with van der Waals surface area (Å²) in [5, 5.41) is 21.2. The third kappa shape index (κ3) is 3.81. The van der Waals surface area contributed by atoms with Crippen LogP contribution in [0.2, 0.25) is 0 Å². The summed E-state index contributed by atoms with van der Waals surface area (Å²) in [6, 6.07) is 6.64. The van der Waals surface area contributed by atoms with Crippen molar-refractivity contribution in [2.45, 2.75) is 19.1 Å². The summed E-state index contributed by atoms with van der Waals surface area (Å²) in [7, 11) is 4.31. The molecule has 0 aromatic heterocycles. The average molecular weight is 420 g/mol. The van der Waals surface area contributed by atoms with Gasteiger partial charge in [0.05, 0.1) is 27.9 Å². The molecule has 9 heteroatoms. The Hall–Kier alpha value is -3.17. The summed E-state index contributed by atoms with van der Waals surface area (Å²) in [6.07, 6.45) is -3.45. The number of aliphatic hydroxyl groups is 2. The first-order valence-corrected chi connectivity index (χ1v) is 9.22. The van der Waals surface area contributed by atoms with Gasteiger partial charge >= 0.3 is 5.97 Å². The molecule has 0 saturated carbocycles. The summed E-state index contributed by atoms with van der Waals surface area (Å²) >= 11 is 0. The van der Waals surface area contributed by atoms with Gasteiger partial charge in [-0.15, -0.1) is 0 Å². The normalized spacial score (nSPS) is 14.1. The molecular weight excluding hydrogens is 396 g/mol. The second-order valence-corrected chi connectivity index (χ2v) is 6.32. The molecule has 30 heavy (non-hydrogen) atoms. The van der Waals surface area contributed by atoms with E-state index in [-0.39, 0.29) is 36.2 Å². The summed E-state index contributed by atoms with van der Waals surface area (Å²) in [5.41, 5.74) is 1.16. The molecule has 1 aliphatic rings. The van der Waals surface area contributed by atoms with Crippen LogP contribution in [0.4, 0.5) is 0 Å². The molecule has 2 aromatic rings. The van der Waals surface area contributed by atoms with Crippen LogP contribution in [0.3, 0.4) is 0 Å². The topological polar surface area (TPSA) is 113 Å². The van der Waals surface area contributed by atoms with Gasteiger partial charge in [0.25, 0.3) is 0 Å². The molecule has 0 radical (unpaired) electrons. The molecule has 2 atom stereocenters. The molecule has 3 rings (SSSR count). The molecule has 0 saturated heterocycles. The van der Waals surface area contributed by atoms with Crippen LogP contribution in [-0.4, -0.2) is 57.0 Å². The van der Waals surface area contributed by atoms with E-state index in [1.807, 2.05) is 0 Å². The smallest absolute Gasteiger partial charge is 0.338 e. The summed E-state index contributed by atoms with van der Waals surface area (Å²) in [5.74, 6) is 0.928. The van der Waals surface area contributed by atoms with Gasteiger partial charge in [-0.05, 0) is 36.2 Å². The lowest BCUT2D eigenvalue weighted by atomic mass is 9.91. The molecule has 1 heterocycles. The standard InChI is InChI=1S/C21H24O9/c1-5-28-21(24)18(23)17(22)12-9-15(25-2)19(26-3)20(27-4)16(12)11-6-7-13-14(8-11)30-10-29-13/h6-9,17-18,22-23H,5,10H2,1-4H3/t17-,18+/m1/s1. The molecule has 0 amide bonds. The Bertz CT molecular complexity index is 925. The molecular formula is C21H24O9. The minimum absolute atomic E-state index is 0.0624. The molecule has 0 spiro atoms. The second kappa shape index (κ2) is 9.10. The highest BCUT2D eigenvalue weighted by Crippen LogP contribution is 2.50.